The first-order valence-corrected chi connectivity index (χ1v) is 7.34. The van der Waals surface area contributed by atoms with Gasteiger partial charge in [0.1, 0.15) is 0 Å². The Hall–Kier alpha value is -1.83. The van der Waals surface area contributed by atoms with Crippen LogP contribution >= 0.6 is 0 Å². The van der Waals surface area contributed by atoms with Crippen molar-refractivity contribution in [1.82, 2.24) is 5.32 Å². The lowest BCUT2D eigenvalue weighted by Crippen LogP contribution is -2.28. The molecule has 0 spiro atoms. The number of hydrogen-bond donors (Lipinski definition) is 2. The van der Waals surface area contributed by atoms with E-state index in [1.165, 1.54) is 0 Å². The van der Waals surface area contributed by atoms with Crippen LogP contribution in [0.25, 0.3) is 0 Å². The number of carbonyl (C=O) groups is 1. The lowest BCUT2D eigenvalue weighted by atomic mass is 10.0. The summed E-state index contributed by atoms with van der Waals surface area (Å²) in [6, 6.07) is 5.63. The molecule has 0 bridgehead atoms. The number of nitrogens with two attached hydrogens (primary N) is 1. The van der Waals surface area contributed by atoms with E-state index < -0.39 is 0 Å². The zero-order valence-corrected chi connectivity index (χ0v) is 12.9. The minimum atomic E-state index is -0.126. The first-order valence-electron chi connectivity index (χ1n) is 7.34. The van der Waals surface area contributed by atoms with Gasteiger partial charge in [0.25, 0.3) is 5.91 Å². The molecule has 3 N–H and O–H groups in total. The maximum atomic E-state index is 12.2. The van der Waals surface area contributed by atoms with Crippen molar-refractivity contribution in [2.75, 3.05) is 26.3 Å². The minimum Gasteiger partial charge on any atom is -0.380 e. The zero-order chi connectivity index (χ0) is 15.5. The number of hydrogen-bond acceptors (Lipinski definition) is 3. The van der Waals surface area contributed by atoms with Crippen LogP contribution in [0.15, 0.2) is 18.2 Å². The summed E-state index contributed by atoms with van der Waals surface area (Å²) in [6.45, 7) is 6.11. The van der Waals surface area contributed by atoms with E-state index in [1.807, 2.05) is 25.1 Å². The number of rotatable bonds is 7. The topological polar surface area (TPSA) is 64.3 Å². The molecule has 4 nitrogen and oxygen atoms in total. The van der Waals surface area contributed by atoms with E-state index in [0.717, 1.165) is 25.0 Å². The summed E-state index contributed by atoms with van der Waals surface area (Å²) < 4.78 is 5.42. The van der Waals surface area contributed by atoms with E-state index in [4.69, 9.17) is 10.5 Å². The Morgan fingerprint density at radius 2 is 2.19 bits per heavy atom. The van der Waals surface area contributed by atoms with Crippen LogP contribution in [0.5, 0.6) is 0 Å². The highest BCUT2D eigenvalue weighted by atomic mass is 16.5. The second-order valence-electron chi connectivity index (χ2n) is 4.78. The molecule has 21 heavy (non-hydrogen) atoms. The Bertz CT molecular complexity index is 515. The second kappa shape index (κ2) is 9.98. The molecule has 0 radical (unpaired) electrons. The largest absolute Gasteiger partial charge is 0.380 e. The number of benzene rings is 1. The highest BCUT2D eigenvalue weighted by molar-refractivity contribution is 5.96. The maximum absolute atomic E-state index is 12.2. The number of ether oxygens (including phenoxy) is 1. The van der Waals surface area contributed by atoms with Crippen molar-refractivity contribution in [2.24, 2.45) is 5.73 Å². The normalized spacial score (nSPS) is 9.86. The van der Waals surface area contributed by atoms with Gasteiger partial charge in [-0.15, -0.1) is 0 Å². The predicted molar refractivity (Wildman–Crippen MR) is 85.2 cm³/mol. The van der Waals surface area contributed by atoms with Crippen LogP contribution in [0.1, 0.15) is 41.3 Å². The molecule has 0 aliphatic carbocycles. The average Bonchev–Trinajstić information content (AvgIpc) is 2.49. The van der Waals surface area contributed by atoms with Gasteiger partial charge in [-0.1, -0.05) is 36.8 Å². The van der Waals surface area contributed by atoms with Gasteiger partial charge >= 0.3 is 0 Å². The van der Waals surface area contributed by atoms with E-state index in [2.05, 4.69) is 24.1 Å². The standard InChI is InChI=1S/C17H24N2O2/c1-3-4-11-21-12-10-19-17(20)16-13-14(2)7-8-15(16)6-5-9-18/h7-8,13H,3-4,9-12,18H2,1-2H3,(H,19,20). The van der Waals surface area contributed by atoms with Crippen LogP contribution in [0.3, 0.4) is 0 Å². The summed E-state index contributed by atoms with van der Waals surface area (Å²) >= 11 is 0. The molecule has 1 aromatic rings. The third-order valence-electron chi connectivity index (χ3n) is 2.92. The number of carbonyl (C=O) groups excluding carboxylic acids is 1. The van der Waals surface area contributed by atoms with Crippen LogP contribution in [0, 0.1) is 18.8 Å². The fraction of sp³-hybridized carbons (Fsp3) is 0.471. The van der Waals surface area contributed by atoms with Crippen molar-refractivity contribution in [3.05, 3.63) is 34.9 Å². The van der Waals surface area contributed by atoms with Gasteiger partial charge in [-0.2, -0.15) is 0 Å². The van der Waals surface area contributed by atoms with Crippen LogP contribution in [0.2, 0.25) is 0 Å². The summed E-state index contributed by atoms with van der Waals surface area (Å²) in [6.07, 6.45) is 2.16. The first kappa shape index (κ1) is 17.2. The van der Waals surface area contributed by atoms with Gasteiger partial charge in [-0.05, 0) is 25.5 Å². The van der Waals surface area contributed by atoms with Gasteiger partial charge in [0.2, 0.25) is 0 Å². The van der Waals surface area contributed by atoms with Crippen molar-refractivity contribution < 1.29 is 9.53 Å². The van der Waals surface area contributed by atoms with Gasteiger partial charge < -0.3 is 15.8 Å². The van der Waals surface area contributed by atoms with Gasteiger partial charge in [-0.3, -0.25) is 4.79 Å². The Morgan fingerprint density at radius 1 is 1.38 bits per heavy atom. The number of nitrogens with one attached hydrogen (secondary N) is 1. The summed E-state index contributed by atoms with van der Waals surface area (Å²) in [5.74, 6) is 5.59. The van der Waals surface area contributed by atoms with Crippen LogP contribution < -0.4 is 11.1 Å². The number of unbranched alkanes of at least 4 members (excludes halogenated alkanes) is 1. The van der Waals surface area contributed by atoms with Crippen LogP contribution in [0.4, 0.5) is 0 Å². The lowest BCUT2D eigenvalue weighted by molar-refractivity contribution is 0.0912. The fourth-order valence-corrected chi connectivity index (χ4v) is 1.78. The van der Waals surface area contributed by atoms with Crippen molar-refractivity contribution in [1.29, 1.82) is 0 Å². The third kappa shape index (κ3) is 6.44. The zero-order valence-electron chi connectivity index (χ0n) is 12.9. The Labute approximate surface area is 127 Å². The molecule has 0 unspecified atom stereocenters. The van der Waals surface area contributed by atoms with Gasteiger partial charge in [0.15, 0.2) is 0 Å². The smallest absolute Gasteiger partial charge is 0.252 e. The quantitative estimate of drug-likeness (QED) is 0.594. The number of aryl methyl sites for hydroxylation is 1. The first-order chi connectivity index (χ1) is 10.2. The SMILES string of the molecule is CCCCOCCNC(=O)c1cc(C)ccc1C#CCN. The van der Waals surface area contributed by atoms with E-state index in [-0.39, 0.29) is 12.5 Å². The van der Waals surface area contributed by atoms with Gasteiger partial charge in [0, 0.05) is 18.7 Å². The summed E-state index contributed by atoms with van der Waals surface area (Å²) in [4.78, 5) is 12.2. The van der Waals surface area contributed by atoms with E-state index in [0.29, 0.717) is 24.3 Å². The molecule has 1 amide bonds. The van der Waals surface area contributed by atoms with Crippen LogP contribution in [-0.2, 0) is 4.74 Å². The second-order valence-corrected chi connectivity index (χ2v) is 4.78. The Balaban J connectivity index is 2.58. The molecule has 0 heterocycles. The molecule has 0 atom stereocenters. The molecule has 0 saturated heterocycles. The van der Waals surface area contributed by atoms with Crippen molar-refractivity contribution in [3.8, 4) is 11.8 Å². The van der Waals surface area contributed by atoms with Crippen molar-refractivity contribution >= 4 is 5.91 Å². The molecule has 1 rings (SSSR count). The fourth-order valence-electron chi connectivity index (χ4n) is 1.78. The summed E-state index contributed by atoms with van der Waals surface area (Å²) in [5.41, 5.74) is 7.70. The van der Waals surface area contributed by atoms with E-state index >= 15 is 0 Å². The predicted octanol–water partition coefficient (Wildman–Crippen LogP) is 1.85. The van der Waals surface area contributed by atoms with Gasteiger partial charge in [0.05, 0.1) is 18.7 Å². The highest BCUT2D eigenvalue weighted by Crippen LogP contribution is 2.10. The molecule has 0 saturated carbocycles. The molecule has 4 heteroatoms. The van der Waals surface area contributed by atoms with Crippen LogP contribution in [-0.4, -0.2) is 32.2 Å². The van der Waals surface area contributed by atoms with E-state index in [9.17, 15) is 4.79 Å². The van der Waals surface area contributed by atoms with Crippen molar-refractivity contribution in [2.45, 2.75) is 26.7 Å². The highest BCUT2D eigenvalue weighted by Gasteiger charge is 2.09. The molecule has 0 aromatic heterocycles. The summed E-state index contributed by atoms with van der Waals surface area (Å²) in [7, 11) is 0. The van der Waals surface area contributed by atoms with Crippen molar-refractivity contribution in [3.63, 3.8) is 0 Å². The molecular formula is C17H24N2O2. The molecular weight excluding hydrogens is 264 g/mol. The van der Waals surface area contributed by atoms with Gasteiger partial charge in [-0.25, -0.2) is 0 Å². The molecule has 0 aliphatic rings. The average molecular weight is 288 g/mol. The Morgan fingerprint density at radius 3 is 2.90 bits per heavy atom. The molecule has 114 valence electrons. The maximum Gasteiger partial charge on any atom is 0.252 e. The Kier molecular flexibility index (Phi) is 8.18. The molecule has 1 aromatic carbocycles. The van der Waals surface area contributed by atoms with E-state index in [1.54, 1.807) is 0 Å². The third-order valence-corrected chi connectivity index (χ3v) is 2.92. The number of amides is 1. The molecule has 0 aliphatic heterocycles. The monoisotopic (exact) mass is 288 g/mol. The summed E-state index contributed by atoms with van der Waals surface area (Å²) in [5, 5.41) is 2.86. The molecule has 0 fully saturated rings. The minimum absolute atomic E-state index is 0.126. The lowest BCUT2D eigenvalue weighted by Gasteiger charge is -2.08.